The van der Waals surface area contributed by atoms with E-state index >= 15 is 0 Å². The lowest BCUT2D eigenvalue weighted by Crippen LogP contribution is -2.06. The van der Waals surface area contributed by atoms with Crippen LogP contribution in [0.4, 0.5) is 5.82 Å². The van der Waals surface area contributed by atoms with E-state index in [2.05, 4.69) is 75.2 Å². The minimum absolute atomic E-state index is 0.519. The van der Waals surface area contributed by atoms with Gasteiger partial charge in [-0.05, 0) is 61.6 Å². The zero-order valence-corrected chi connectivity index (χ0v) is 16.7. The third-order valence-corrected chi connectivity index (χ3v) is 4.37. The fraction of sp³-hybridized carbons (Fsp3) is 0.250. The topological polar surface area (TPSA) is 51.3 Å². The summed E-state index contributed by atoms with van der Waals surface area (Å²) in [7, 11) is 0. The Labute approximate surface area is 163 Å². The molecule has 2 rings (SSSR count). The van der Waals surface area contributed by atoms with Crippen molar-refractivity contribution in [3.8, 4) is 0 Å². The van der Waals surface area contributed by atoms with Crippen LogP contribution in [0.25, 0.3) is 5.57 Å². The molecule has 1 heterocycles. The molecule has 0 unspecified atom stereocenters. The van der Waals surface area contributed by atoms with Gasteiger partial charge in [0.25, 0.3) is 0 Å². The average molecular weight is 360 g/mol. The number of hydrogen-bond acceptors (Lipinski definition) is 3. The molecular formula is C24H29N3. The second-order valence-electron chi connectivity index (χ2n) is 6.41. The van der Waals surface area contributed by atoms with Crippen LogP contribution < -0.4 is 5.73 Å². The van der Waals surface area contributed by atoms with E-state index in [1.165, 1.54) is 11.1 Å². The summed E-state index contributed by atoms with van der Waals surface area (Å²) in [4.78, 5) is 9.16. The zero-order valence-electron chi connectivity index (χ0n) is 16.7. The number of rotatable bonds is 7. The number of aromatic nitrogens is 1. The highest BCUT2D eigenvalue weighted by Crippen LogP contribution is 2.20. The number of allylic oxidation sites excluding steroid dienone is 5. The molecule has 0 saturated heterocycles. The molecule has 2 N–H and O–H groups in total. The third-order valence-electron chi connectivity index (χ3n) is 4.37. The molecule has 0 aliphatic rings. The van der Waals surface area contributed by atoms with Crippen LogP contribution in [0.5, 0.6) is 0 Å². The van der Waals surface area contributed by atoms with Crippen LogP contribution in [0.1, 0.15) is 51.7 Å². The van der Waals surface area contributed by atoms with E-state index in [-0.39, 0.29) is 0 Å². The Morgan fingerprint density at radius 2 is 1.78 bits per heavy atom. The minimum Gasteiger partial charge on any atom is -0.383 e. The summed E-state index contributed by atoms with van der Waals surface area (Å²) in [6.07, 6.45) is 9.87. The monoisotopic (exact) mass is 359 g/mol. The number of nitrogens with zero attached hydrogens (tertiary/aromatic N) is 2. The van der Waals surface area contributed by atoms with Crippen molar-refractivity contribution in [2.75, 3.05) is 5.73 Å². The molecule has 0 amide bonds. The standard InChI is InChI=1S/C24H29N3/c1-5-11-19(4)23(16-15-18(3)20-12-8-7-9-13-20)27-22(6-2)21-14-10-17-26-24(21)25/h7-17H,5-6H2,1-4H3,(H2,25,26)/b18-15+,19-11+,23-16+,27-22+. The summed E-state index contributed by atoms with van der Waals surface area (Å²) < 4.78 is 0. The van der Waals surface area contributed by atoms with Gasteiger partial charge in [-0.25, -0.2) is 4.98 Å². The molecule has 0 aliphatic heterocycles. The second-order valence-corrected chi connectivity index (χ2v) is 6.41. The predicted octanol–water partition coefficient (Wildman–Crippen LogP) is 6.21. The first-order chi connectivity index (χ1) is 13.1. The van der Waals surface area contributed by atoms with E-state index in [4.69, 9.17) is 10.7 Å². The van der Waals surface area contributed by atoms with Crippen LogP contribution in [-0.2, 0) is 0 Å². The Balaban J connectivity index is 2.48. The highest BCUT2D eigenvalue weighted by atomic mass is 14.8. The molecular weight excluding hydrogens is 330 g/mol. The summed E-state index contributed by atoms with van der Waals surface area (Å²) in [6.45, 7) is 8.44. The van der Waals surface area contributed by atoms with Crippen LogP contribution in [0.3, 0.4) is 0 Å². The molecule has 0 bridgehead atoms. The third kappa shape index (κ3) is 5.78. The average Bonchev–Trinajstić information content (AvgIpc) is 2.69. The molecule has 1 aromatic heterocycles. The van der Waals surface area contributed by atoms with Gasteiger partial charge in [0.15, 0.2) is 0 Å². The molecule has 0 fully saturated rings. The number of nitrogen functional groups attached to an aromatic ring is 1. The van der Waals surface area contributed by atoms with Crippen molar-refractivity contribution >= 4 is 17.1 Å². The SMILES string of the molecule is CC/C=C(C)/C(=C\C=C(/C)c1ccccc1)/N=C(\CC)c1cccnc1N. The Morgan fingerprint density at radius 1 is 1.04 bits per heavy atom. The molecule has 1 aromatic carbocycles. The van der Waals surface area contributed by atoms with E-state index in [1.807, 2.05) is 18.2 Å². The maximum absolute atomic E-state index is 6.07. The largest absolute Gasteiger partial charge is 0.383 e. The van der Waals surface area contributed by atoms with Crippen molar-refractivity contribution in [2.45, 2.75) is 40.5 Å². The van der Waals surface area contributed by atoms with E-state index in [9.17, 15) is 0 Å². The van der Waals surface area contributed by atoms with Gasteiger partial charge in [-0.3, -0.25) is 4.99 Å². The van der Waals surface area contributed by atoms with E-state index in [0.29, 0.717) is 5.82 Å². The van der Waals surface area contributed by atoms with Gasteiger partial charge in [0.05, 0.1) is 11.4 Å². The molecule has 3 nitrogen and oxygen atoms in total. The summed E-state index contributed by atoms with van der Waals surface area (Å²) in [5.74, 6) is 0.519. The van der Waals surface area contributed by atoms with Crippen LogP contribution >= 0.6 is 0 Å². The van der Waals surface area contributed by atoms with Crippen molar-refractivity contribution < 1.29 is 0 Å². The number of aliphatic imine (C=N–C) groups is 1. The first-order valence-corrected chi connectivity index (χ1v) is 9.46. The molecule has 0 aliphatic carbocycles. The van der Waals surface area contributed by atoms with E-state index in [1.54, 1.807) is 6.20 Å². The lowest BCUT2D eigenvalue weighted by atomic mass is 10.1. The second kappa shape index (κ2) is 10.3. The Hall–Kier alpha value is -2.94. The zero-order chi connectivity index (χ0) is 19.6. The number of anilines is 1. The van der Waals surface area contributed by atoms with Gasteiger partial charge in [-0.2, -0.15) is 0 Å². The molecule has 0 atom stereocenters. The number of nitrogens with two attached hydrogens (primary N) is 1. The van der Waals surface area contributed by atoms with Crippen molar-refractivity contribution in [1.29, 1.82) is 0 Å². The lowest BCUT2D eigenvalue weighted by molar-refractivity contribution is 1.15. The summed E-state index contributed by atoms with van der Waals surface area (Å²) in [6, 6.07) is 14.2. The molecule has 140 valence electrons. The smallest absolute Gasteiger partial charge is 0.132 e. The Bertz CT molecular complexity index is 872. The van der Waals surface area contributed by atoms with Crippen LogP contribution in [0.2, 0.25) is 0 Å². The highest BCUT2D eigenvalue weighted by molar-refractivity contribution is 6.04. The number of benzene rings is 1. The molecule has 2 aromatic rings. The molecule has 3 heteroatoms. The van der Waals surface area contributed by atoms with Gasteiger partial charge in [0.2, 0.25) is 0 Å². The van der Waals surface area contributed by atoms with Crippen molar-refractivity contribution in [3.63, 3.8) is 0 Å². The molecule has 0 radical (unpaired) electrons. The lowest BCUT2D eigenvalue weighted by Gasteiger charge is -2.09. The molecule has 0 saturated carbocycles. The van der Waals surface area contributed by atoms with E-state index < -0.39 is 0 Å². The van der Waals surface area contributed by atoms with Crippen LogP contribution in [0.15, 0.2) is 83.2 Å². The van der Waals surface area contributed by atoms with Crippen LogP contribution in [-0.4, -0.2) is 10.7 Å². The summed E-state index contributed by atoms with van der Waals surface area (Å²) >= 11 is 0. The fourth-order valence-corrected chi connectivity index (χ4v) is 2.81. The summed E-state index contributed by atoms with van der Waals surface area (Å²) in [5, 5.41) is 0. The van der Waals surface area contributed by atoms with Gasteiger partial charge in [-0.1, -0.05) is 56.3 Å². The van der Waals surface area contributed by atoms with Gasteiger partial charge in [0.1, 0.15) is 5.82 Å². The first kappa shape index (κ1) is 20.4. The quantitative estimate of drug-likeness (QED) is 0.472. The van der Waals surface area contributed by atoms with Crippen molar-refractivity contribution in [3.05, 3.63) is 89.3 Å². The van der Waals surface area contributed by atoms with Gasteiger partial charge in [-0.15, -0.1) is 0 Å². The van der Waals surface area contributed by atoms with Crippen molar-refractivity contribution in [2.24, 2.45) is 4.99 Å². The van der Waals surface area contributed by atoms with Gasteiger partial charge < -0.3 is 5.73 Å². The van der Waals surface area contributed by atoms with Crippen molar-refractivity contribution in [1.82, 2.24) is 4.98 Å². The molecule has 27 heavy (non-hydrogen) atoms. The first-order valence-electron chi connectivity index (χ1n) is 9.46. The van der Waals surface area contributed by atoms with Gasteiger partial charge in [0, 0.05) is 11.8 Å². The fourth-order valence-electron chi connectivity index (χ4n) is 2.81. The normalized spacial score (nSPS) is 13.8. The summed E-state index contributed by atoms with van der Waals surface area (Å²) in [5.41, 5.74) is 12.4. The maximum atomic E-state index is 6.07. The minimum atomic E-state index is 0.519. The predicted molar refractivity (Wildman–Crippen MR) is 118 cm³/mol. The maximum Gasteiger partial charge on any atom is 0.132 e. The number of pyridine rings is 1. The highest BCUT2D eigenvalue weighted by Gasteiger charge is 2.08. The van der Waals surface area contributed by atoms with Gasteiger partial charge >= 0.3 is 0 Å². The Morgan fingerprint density at radius 3 is 2.41 bits per heavy atom. The number of hydrogen-bond donors (Lipinski definition) is 1. The van der Waals surface area contributed by atoms with E-state index in [0.717, 1.165) is 35.4 Å². The Kier molecular flexibility index (Phi) is 7.75. The van der Waals surface area contributed by atoms with Crippen LogP contribution in [0, 0.1) is 0 Å². The molecule has 0 spiro atoms.